The van der Waals surface area contributed by atoms with E-state index in [1.165, 1.54) is 16.2 Å². The SMILES string of the molecule is CCC(Nc1ncnc2sc(C(=O)NCc3cccc(C)n3)c(C)c12)c1cccs1. The third kappa shape index (κ3) is 4.20. The van der Waals surface area contributed by atoms with Gasteiger partial charge in [0.05, 0.1) is 28.5 Å². The van der Waals surface area contributed by atoms with Crippen LogP contribution in [0.5, 0.6) is 0 Å². The molecule has 0 saturated heterocycles. The van der Waals surface area contributed by atoms with E-state index in [1.54, 1.807) is 17.7 Å². The van der Waals surface area contributed by atoms with Crippen LogP contribution in [-0.4, -0.2) is 20.9 Å². The lowest BCUT2D eigenvalue weighted by Gasteiger charge is -2.16. The van der Waals surface area contributed by atoms with E-state index in [9.17, 15) is 4.79 Å². The number of carbonyl (C=O) groups excluding carboxylic acids is 1. The van der Waals surface area contributed by atoms with Gasteiger partial charge in [0.25, 0.3) is 5.91 Å². The number of amides is 1. The summed E-state index contributed by atoms with van der Waals surface area (Å²) in [5.74, 6) is 0.656. The van der Waals surface area contributed by atoms with Crippen molar-refractivity contribution in [3.05, 3.63) is 68.7 Å². The lowest BCUT2D eigenvalue weighted by atomic mass is 10.1. The number of anilines is 1. The van der Waals surface area contributed by atoms with Crippen molar-refractivity contribution in [2.24, 2.45) is 0 Å². The minimum Gasteiger partial charge on any atom is -0.362 e. The van der Waals surface area contributed by atoms with Gasteiger partial charge in [0.2, 0.25) is 0 Å². The van der Waals surface area contributed by atoms with Gasteiger partial charge in [0.15, 0.2) is 0 Å². The van der Waals surface area contributed by atoms with E-state index in [1.807, 2.05) is 32.0 Å². The maximum atomic E-state index is 12.9. The molecule has 0 bridgehead atoms. The monoisotopic (exact) mass is 437 g/mol. The molecule has 0 aliphatic rings. The normalized spacial score (nSPS) is 12.1. The molecule has 0 saturated carbocycles. The molecule has 30 heavy (non-hydrogen) atoms. The molecule has 0 fully saturated rings. The van der Waals surface area contributed by atoms with Crippen LogP contribution in [0.1, 0.15) is 50.9 Å². The van der Waals surface area contributed by atoms with Crippen molar-refractivity contribution in [3.8, 4) is 0 Å². The number of rotatable bonds is 7. The smallest absolute Gasteiger partial charge is 0.262 e. The van der Waals surface area contributed by atoms with Gasteiger partial charge in [0, 0.05) is 10.6 Å². The van der Waals surface area contributed by atoms with Gasteiger partial charge in [0.1, 0.15) is 17.0 Å². The molecule has 154 valence electrons. The van der Waals surface area contributed by atoms with E-state index < -0.39 is 0 Å². The Labute approximate surface area is 183 Å². The molecule has 2 N–H and O–H groups in total. The minimum atomic E-state index is -0.116. The fourth-order valence-corrected chi connectivity index (χ4v) is 5.30. The average Bonchev–Trinajstić information content (AvgIpc) is 3.39. The Morgan fingerprint density at radius 3 is 2.77 bits per heavy atom. The predicted molar refractivity (Wildman–Crippen MR) is 123 cm³/mol. The third-order valence-corrected chi connectivity index (χ3v) is 7.10. The van der Waals surface area contributed by atoms with Crippen LogP contribution in [-0.2, 0) is 6.54 Å². The van der Waals surface area contributed by atoms with Gasteiger partial charge in [-0.3, -0.25) is 9.78 Å². The number of aryl methyl sites for hydroxylation is 2. The number of nitrogens with one attached hydrogen (secondary N) is 2. The summed E-state index contributed by atoms with van der Waals surface area (Å²) in [7, 11) is 0. The number of pyridine rings is 1. The first-order valence-electron chi connectivity index (χ1n) is 9.81. The Morgan fingerprint density at radius 2 is 2.03 bits per heavy atom. The molecule has 4 aromatic rings. The zero-order valence-electron chi connectivity index (χ0n) is 17.1. The van der Waals surface area contributed by atoms with Gasteiger partial charge in [-0.15, -0.1) is 22.7 Å². The molecule has 6 nitrogen and oxygen atoms in total. The summed E-state index contributed by atoms with van der Waals surface area (Å²) in [6.45, 7) is 6.43. The van der Waals surface area contributed by atoms with Crippen molar-refractivity contribution in [1.82, 2.24) is 20.3 Å². The highest BCUT2D eigenvalue weighted by atomic mass is 32.1. The van der Waals surface area contributed by atoms with Crippen molar-refractivity contribution < 1.29 is 4.79 Å². The highest BCUT2D eigenvalue weighted by Gasteiger charge is 2.21. The molecule has 4 aromatic heterocycles. The molecular weight excluding hydrogens is 414 g/mol. The summed E-state index contributed by atoms with van der Waals surface area (Å²) in [5.41, 5.74) is 2.67. The summed E-state index contributed by atoms with van der Waals surface area (Å²) in [6, 6.07) is 10.2. The van der Waals surface area contributed by atoms with Gasteiger partial charge in [-0.1, -0.05) is 19.1 Å². The van der Waals surface area contributed by atoms with E-state index in [4.69, 9.17) is 0 Å². The largest absolute Gasteiger partial charge is 0.362 e. The van der Waals surface area contributed by atoms with E-state index in [0.717, 1.165) is 39.4 Å². The topological polar surface area (TPSA) is 79.8 Å². The standard InChI is InChI=1S/C22H23N5OS2/c1-4-16(17-9-6-10-29-17)27-20-18-14(3)19(30-22(18)25-12-24-20)21(28)23-11-15-8-5-7-13(2)26-15/h5-10,12,16H,4,11H2,1-3H3,(H,23,28)(H,24,25,27). The average molecular weight is 438 g/mol. The highest BCUT2D eigenvalue weighted by molar-refractivity contribution is 7.20. The summed E-state index contributed by atoms with van der Waals surface area (Å²) < 4.78 is 0. The van der Waals surface area contributed by atoms with E-state index in [-0.39, 0.29) is 11.9 Å². The van der Waals surface area contributed by atoms with Crippen LogP contribution < -0.4 is 10.6 Å². The van der Waals surface area contributed by atoms with Crippen LogP contribution in [0, 0.1) is 13.8 Å². The molecular formula is C22H23N5OS2. The molecule has 4 rings (SSSR count). The molecule has 0 aliphatic heterocycles. The van der Waals surface area contributed by atoms with Crippen LogP contribution in [0.15, 0.2) is 42.0 Å². The maximum absolute atomic E-state index is 12.9. The van der Waals surface area contributed by atoms with Gasteiger partial charge < -0.3 is 10.6 Å². The van der Waals surface area contributed by atoms with Gasteiger partial charge >= 0.3 is 0 Å². The van der Waals surface area contributed by atoms with Gasteiger partial charge in [-0.25, -0.2) is 9.97 Å². The van der Waals surface area contributed by atoms with Gasteiger partial charge in [-0.05, 0) is 49.4 Å². The summed E-state index contributed by atoms with van der Waals surface area (Å²) >= 11 is 3.12. The minimum absolute atomic E-state index is 0.116. The second-order valence-corrected chi connectivity index (χ2v) is 9.01. The first kappa shape index (κ1) is 20.4. The number of fused-ring (bicyclic) bond motifs is 1. The number of aromatic nitrogens is 3. The van der Waals surface area contributed by atoms with Crippen molar-refractivity contribution in [2.75, 3.05) is 5.32 Å². The number of hydrogen-bond acceptors (Lipinski definition) is 7. The Kier molecular flexibility index (Phi) is 6.06. The predicted octanol–water partition coefficient (Wildman–Crippen LogP) is 5.26. The third-order valence-electron chi connectivity index (χ3n) is 4.91. The lowest BCUT2D eigenvalue weighted by molar-refractivity contribution is 0.0954. The summed E-state index contributed by atoms with van der Waals surface area (Å²) in [6.07, 6.45) is 2.49. The molecule has 4 heterocycles. The summed E-state index contributed by atoms with van der Waals surface area (Å²) in [4.78, 5) is 28.9. The first-order chi connectivity index (χ1) is 14.6. The van der Waals surface area contributed by atoms with Gasteiger partial charge in [-0.2, -0.15) is 0 Å². The molecule has 1 unspecified atom stereocenters. The van der Waals surface area contributed by atoms with E-state index >= 15 is 0 Å². The van der Waals surface area contributed by atoms with Crippen LogP contribution in [0.4, 0.5) is 5.82 Å². The van der Waals surface area contributed by atoms with Crippen molar-refractivity contribution in [2.45, 2.75) is 39.8 Å². The maximum Gasteiger partial charge on any atom is 0.262 e. The Morgan fingerprint density at radius 1 is 1.17 bits per heavy atom. The Bertz CT molecular complexity index is 1170. The molecule has 0 radical (unpaired) electrons. The van der Waals surface area contributed by atoms with Crippen LogP contribution >= 0.6 is 22.7 Å². The number of hydrogen-bond donors (Lipinski definition) is 2. The second kappa shape index (κ2) is 8.89. The fraction of sp³-hybridized carbons (Fsp3) is 0.273. The first-order valence-corrected chi connectivity index (χ1v) is 11.5. The molecule has 1 amide bonds. The second-order valence-electron chi connectivity index (χ2n) is 7.03. The van der Waals surface area contributed by atoms with Crippen LogP contribution in [0.3, 0.4) is 0 Å². The Hall–Kier alpha value is -2.84. The number of thiophene rings is 2. The van der Waals surface area contributed by atoms with E-state index in [2.05, 4.69) is 50.0 Å². The van der Waals surface area contributed by atoms with Crippen molar-refractivity contribution >= 4 is 44.6 Å². The quantitative estimate of drug-likeness (QED) is 0.412. The lowest BCUT2D eigenvalue weighted by Crippen LogP contribution is -2.23. The highest BCUT2D eigenvalue weighted by Crippen LogP contribution is 2.35. The van der Waals surface area contributed by atoms with Crippen molar-refractivity contribution in [3.63, 3.8) is 0 Å². The summed E-state index contributed by atoms with van der Waals surface area (Å²) in [5, 5.41) is 9.53. The zero-order valence-corrected chi connectivity index (χ0v) is 18.7. The Balaban J connectivity index is 1.59. The fourth-order valence-electron chi connectivity index (χ4n) is 3.38. The molecule has 1 atom stereocenters. The molecule has 0 spiro atoms. The van der Waals surface area contributed by atoms with E-state index in [0.29, 0.717) is 11.4 Å². The number of nitrogens with zero attached hydrogens (tertiary/aromatic N) is 3. The van der Waals surface area contributed by atoms with Crippen molar-refractivity contribution in [1.29, 1.82) is 0 Å². The molecule has 8 heteroatoms. The molecule has 0 aliphatic carbocycles. The number of carbonyl (C=O) groups is 1. The zero-order chi connectivity index (χ0) is 21.1. The molecule has 0 aromatic carbocycles. The van der Waals surface area contributed by atoms with Crippen LogP contribution in [0.25, 0.3) is 10.2 Å². The van der Waals surface area contributed by atoms with Crippen LogP contribution in [0.2, 0.25) is 0 Å².